The van der Waals surface area contributed by atoms with Gasteiger partial charge in [-0.05, 0) is 44.4 Å². The van der Waals surface area contributed by atoms with Gasteiger partial charge in [0.2, 0.25) is 0 Å². The van der Waals surface area contributed by atoms with E-state index in [-0.39, 0.29) is 0 Å². The van der Waals surface area contributed by atoms with Gasteiger partial charge >= 0.3 is 6.09 Å². The van der Waals surface area contributed by atoms with Crippen molar-refractivity contribution in [3.8, 4) is 0 Å². The quantitative estimate of drug-likeness (QED) is 0.814. The molecule has 1 N–H and O–H groups in total. The van der Waals surface area contributed by atoms with Gasteiger partial charge in [-0.25, -0.2) is 4.79 Å². The lowest BCUT2D eigenvalue weighted by molar-refractivity contribution is -0.111. The molecule has 25 heavy (non-hydrogen) atoms. The fourth-order valence-corrected chi connectivity index (χ4v) is 2.56. The van der Waals surface area contributed by atoms with Crippen molar-refractivity contribution in [2.75, 3.05) is 0 Å². The van der Waals surface area contributed by atoms with Crippen LogP contribution < -0.4 is 5.32 Å². The zero-order chi connectivity index (χ0) is 18.3. The average Bonchev–Trinajstić information content (AvgIpc) is 2.58. The third kappa shape index (κ3) is 6.03. The Hall–Kier alpha value is -2.69. The zero-order valence-electron chi connectivity index (χ0n) is 14.8. The van der Waals surface area contributed by atoms with Gasteiger partial charge in [0, 0.05) is 18.3 Å². The van der Waals surface area contributed by atoms with Gasteiger partial charge in [-0.2, -0.15) is 0 Å². The van der Waals surface area contributed by atoms with Gasteiger partial charge in [-0.3, -0.25) is 4.98 Å². The second kappa shape index (κ2) is 8.42. The molecule has 5 nitrogen and oxygen atoms in total. The number of benzene rings is 1. The van der Waals surface area contributed by atoms with Crippen LogP contribution in [0.25, 0.3) is 0 Å². The Morgan fingerprint density at radius 2 is 1.92 bits per heavy atom. The highest BCUT2D eigenvalue weighted by atomic mass is 16.6. The Morgan fingerprint density at radius 3 is 2.48 bits per heavy atom. The smallest absolute Gasteiger partial charge is 0.408 e. The van der Waals surface area contributed by atoms with Crippen LogP contribution in [0.1, 0.15) is 37.9 Å². The van der Waals surface area contributed by atoms with Gasteiger partial charge in [-0.1, -0.05) is 36.4 Å². The predicted molar refractivity (Wildman–Crippen MR) is 96.0 cm³/mol. The number of alkyl carbamates (subject to hydrolysis) is 1. The molecule has 2 rings (SSSR count). The standard InChI is InChI=1S/C20H24N2O3/c1-20(2,3)25-19(24)22-18(16-10-7-11-21-13-16)17(14-23)12-15-8-5-4-6-9-15/h4-11,13-14,17-18H,12H2,1-3H3,(H,22,24)/t17-,18+/m0/s1. The lowest BCUT2D eigenvalue weighted by Crippen LogP contribution is -2.38. The number of ether oxygens (including phenoxy) is 1. The molecule has 0 unspecified atom stereocenters. The predicted octanol–water partition coefficient (Wildman–Crippen LogP) is 3.71. The maximum Gasteiger partial charge on any atom is 0.408 e. The maximum atomic E-state index is 12.2. The number of carbonyl (C=O) groups is 2. The Morgan fingerprint density at radius 1 is 1.20 bits per heavy atom. The molecule has 0 spiro atoms. The first-order valence-electron chi connectivity index (χ1n) is 8.27. The summed E-state index contributed by atoms with van der Waals surface area (Å²) in [6.07, 6.45) is 4.15. The molecular formula is C20H24N2O3. The molecule has 5 heteroatoms. The summed E-state index contributed by atoms with van der Waals surface area (Å²) < 4.78 is 5.35. The van der Waals surface area contributed by atoms with E-state index in [9.17, 15) is 9.59 Å². The molecule has 1 heterocycles. The minimum absolute atomic E-state index is 0.431. The topological polar surface area (TPSA) is 68.3 Å². The summed E-state index contributed by atoms with van der Waals surface area (Å²) in [5.41, 5.74) is 1.18. The lowest BCUT2D eigenvalue weighted by atomic mass is 9.89. The number of pyridine rings is 1. The van der Waals surface area contributed by atoms with Crippen LogP contribution in [0.2, 0.25) is 0 Å². The first kappa shape index (κ1) is 18.6. The third-order valence-corrected chi connectivity index (χ3v) is 3.63. The van der Waals surface area contributed by atoms with Crippen LogP contribution in [0.15, 0.2) is 54.9 Å². The minimum atomic E-state index is -0.611. The largest absolute Gasteiger partial charge is 0.444 e. The number of rotatable bonds is 6. The van der Waals surface area contributed by atoms with Gasteiger partial charge in [-0.15, -0.1) is 0 Å². The Balaban J connectivity index is 2.23. The summed E-state index contributed by atoms with van der Waals surface area (Å²) in [6.45, 7) is 5.40. The molecule has 1 aromatic heterocycles. The Bertz CT molecular complexity index is 681. The summed E-state index contributed by atoms with van der Waals surface area (Å²) in [5.74, 6) is -0.431. The van der Waals surface area contributed by atoms with Crippen molar-refractivity contribution < 1.29 is 14.3 Å². The van der Waals surface area contributed by atoms with Gasteiger partial charge in [0.05, 0.1) is 6.04 Å². The number of nitrogens with one attached hydrogen (secondary N) is 1. The first-order valence-corrected chi connectivity index (χ1v) is 8.27. The van der Waals surface area contributed by atoms with Crippen molar-refractivity contribution in [1.82, 2.24) is 10.3 Å². The molecule has 0 bridgehead atoms. The van der Waals surface area contributed by atoms with Crippen LogP contribution in [0, 0.1) is 5.92 Å². The van der Waals surface area contributed by atoms with Crippen LogP contribution in [0.5, 0.6) is 0 Å². The van der Waals surface area contributed by atoms with Crippen molar-refractivity contribution >= 4 is 12.4 Å². The number of amides is 1. The minimum Gasteiger partial charge on any atom is -0.444 e. The molecule has 0 aliphatic carbocycles. The van der Waals surface area contributed by atoms with Gasteiger partial charge in [0.1, 0.15) is 11.9 Å². The number of nitrogens with zero attached hydrogens (tertiary/aromatic N) is 1. The Labute approximate surface area is 148 Å². The van der Waals surface area contributed by atoms with Crippen LogP contribution in [0.4, 0.5) is 4.79 Å². The molecule has 0 aliphatic heterocycles. The SMILES string of the molecule is CC(C)(C)OC(=O)N[C@H](c1cccnc1)[C@H](C=O)Cc1ccccc1. The van der Waals surface area contributed by atoms with Crippen molar-refractivity contribution in [3.05, 3.63) is 66.0 Å². The monoisotopic (exact) mass is 340 g/mol. The van der Waals surface area contributed by atoms with Crippen LogP contribution in [0.3, 0.4) is 0 Å². The van der Waals surface area contributed by atoms with E-state index in [4.69, 9.17) is 4.74 Å². The second-order valence-electron chi connectivity index (χ2n) is 6.90. The number of aldehydes is 1. The molecule has 0 radical (unpaired) electrons. The highest BCUT2D eigenvalue weighted by Gasteiger charge is 2.27. The second-order valence-corrected chi connectivity index (χ2v) is 6.90. The number of carbonyl (C=O) groups excluding carboxylic acids is 2. The summed E-state index contributed by atoms with van der Waals surface area (Å²) in [7, 11) is 0. The molecule has 1 aromatic carbocycles. The maximum absolute atomic E-state index is 12.2. The van der Waals surface area contributed by atoms with E-state index in [1.54, 1.807) is 39.2 Å². The summed E-state index contributed by atoms with van der Waals surface area (Å²) in [5, 5.41) is 2.83. The average molecular weight is 340 g/mol. The number of hydrogen-bond donors (Lipinski definition) is 1. The lowest BCUT2D eigenvalue weighted by Gasteiger charge is -2.27. The van der Waals surface area contributed by atoms with Crippen molar-refractivity contribution in [2.45, 2.75) is 38.8 Å². The van der Waals surface area contributed by atoms with Crippen LogP contribution in [-0.4, -0.2) is 23.0 Å². The summed E-state index contributed by atoms with van der Waals surface area (Å²) in [4.78, 5) is 28.1. The molecule has 132 valence electrons. The molecule has 2 aromatic rings. The molecule has 2 atom stereocenters. The molecule has 0 fully saturated rings. The van der Waals surface area contributed by atoms with E-state index in [1.807, 2.05) is 36.4 Å². The van der Waals surface area contributed by atoms with E-state index < -0.39 is 23.7 Å². The number of aromatic nitrogens is 1. The van der Waals surface area contributed by atoms with Gasteiger partial charge in [0.15, 0.2) is 0 Å². The van der Waals surface area contributed by atoms with Crippen molar-refractivity contribution in [1.29, 1.82) is 0 Å². The summed E-state index contributed by atoms with van der Waals surface area (Å²) >= 11 is 0. The van der Waals surface area contributed by atoms with E-state index in [1.165, 1.54) is 0 Å². The van der Waals surface area contributed by atoms with Gasteiger partial charge < -0.3 is 14.8 Å². The van der Waals surface area contributed by atoms with E-state index in [0.717, 1.165) is 17.4 Å². The Kier molecular flexibility index (Phi) is 6.28. The van der Waals surface area contributed by atoms with E-state index >= 15 is 0 Å². The molecule has 0 aliphatic rings. The zero-order valence-corrected chi connectivity index (χ0v) is 14.8. The molecular weight excluding hydrogens is 316 g/mol. The highest BCUT2D eigenvalue weighted by Crippen LogP contribution is 2.24. The third-order valence-electron chi connectivity index (χ3n) is 3.63. The van der Waals surface area contributed by atoms with Crippen molar-refractivity contribution in [3.63, 3.8) is 0 Å². The van der Waals surface area contributed by atoms with E-state index in [2.05, 4.69) is 10.3 Å². The highest BCUT2D eigenvalue weighted by molar-refractivity contribution is 5.70. The fraction of sp³-hybridized carbons (Fsp3) is 0.350. The van der Waals surface area contributed by atoms with Crippen molar-refractivity contribution in [2.24, 2.45) is 5.92 Å². The molecule has 0 saturated carbocycles. The summed E-state index contributed by atoms with van der Waals surface area (Å²) in [6, 6.07) is 12.8. The molecule has 1 amide bonds. The van der Waals surface area contributed by atoms with Crippen LogP contribution >= 0.6 is 0 Å². The van der Waals surface area contributed by atoms with Crippen LogP contribution in [-0.2, 0) is 16.0 Å². The normalized spacial score (nSPS) is 13.6. The van der Waals surface area contributed by atoms with Gasteiger partial charge in [0.25, 0.3) is 0 Å². The number of hydrogen-bond acceptors (Lipinski definition) is 4. The van der Waals surface area contributed by atoms with E-state index in [0.29, 0.717) is 6.42 Å². The fourth-order valence-electron chi connectivity index (χ4n) is 2.56. The molecule has 0 saturated heterocycles. The first-order chi connectivity index (χ1) is 11.9.